The van der Waals surface area contributed by atoms with Crippen molar-refractivity contribution in [1.29, 1.82) is 0 Å². The molecule has 2 aromatic rings. The van der Waals surface area contributed by atoms with Gasteiger partial charge in [0, 0.05) is 11.5 Å². The quantitative estimate of drug-likeness (QED) is 0.821. The molecule has 17 heavy (non-hydrogen) atoms. The molecule has 1 saturated carbocycles. The molecule has 0 aliphatic heterocycles. The first-order valence-electron chi connectivity index (χ1n) is 5.91. The van der Waals surface area contributed by atoms with Crippen LogP contribution in [0.4, 0.5) is 0 Å². The molecule has 4 heteroatoms. The Hall–Kier alpha value is -1.35. The van der Waals surface area contributed by atoms with E-state index >= 15 is 0 Å². The van der Waals surface area contributed by atoms with Gasteiger partial charge >= 0.3 is 0 Å². The van der Waals surface area contributed by atoms with Crippen LogP contribution in [0.3, 0.4) is 0 Å². The van der Waals surface area contributed by atoms with Crippen molar-refractivity contribution in [2.24, 2.45) is 0 Å². The third kappa shape index (κ3) is 2.50. The molecule has 0 radical (unpaired) electrons. The molecule has 0 bridgehead atoms. The van der Waals surface area contributed by atoms with Crippen LogP contribution >= 0.6 is 0 Å². The number of aromatic amines is 1. The van der Waals surface area contributed by atoms with Gasteiger partial charge in [0.1, 0.15) is 5.82 Å². The number of benzene rings is 1. The highest BCUT2D eigenvalue weighted by molar-refractivity contribution is 5.53. The van der Waals surface area contributed by atoms with Crippen molar-refractivity contribution in [3.05, 3.63) is 36.2 Å². The van der Waals surface area contributed by atoms with E-state index in [1.165, 1.54) is 25.7 Å². The van der Waals surface area contributed by atoms with Crippen molar-refractivity contribution in [3.8, 4) is 11.4 Å². The normalized spacial score (nSPS) is 15.8. The third-order valence-corrected chi connectivity index (χ3v) is 3.28. The van der Waals surface area contributed by atoms with Crippen LogP contribution in [0, 0.1) is 0 Å². The summed E-state index contributed by atoms with van der Waals surface area (Å²) in [4.78, 5) is 4.60. The number of rotatable bonds is 2. The van der Waals surface area contributed by atoms with Gasteiger partial charge in [-0.05, 0) is 12.8 Å². The second-order valence-electron chi connectivity index (χ2n) is 4.39. The largest absolute Gasteiger partial charge is 1.00 e. The lowest BCUT2D eigenvalue weighted by atomic mass is 10.1. The van der Waals surface area contributed by atoms with Gasteiger partial charge in [-0.15, -0.1) is 0 Å². The van der Waals surface area contributed by atoms with Crippen molar-refractivity contribution in [2.45, 2.75) is 31.6 Å². The lowest BCUT2D eigenvalue weighted by Gasteiger charge is -2.01. The van der Waals surface area contributed by atoms with E-state index in [9.17, 15) is 0 Å². The van der Waals surface area contributed by atoms with Crippen molar-refractivity contribution < 1.29 is 12.4 Å². The van der Waals surface area contributed by atoms with Crippen LogP contribution in [0.25, 0.3) is 11.4 Å². The van der Waals surface area contributed by atoms with E-state index < -0.39 is 0 Å². The summed E-state index contributed by atoms with van der Waals surface area (Å²) < 4.78 is 0. The second-order valence-corrected chi connectivity index (χ2v) is 4.39. The van der Waals surface area contributed by atoms with Gasteiger partial charge in [0.25, 0.3) is 0 Å². The number of nitrogens with zero attached hydrogens (tertiary/aromatic N) is 2. The number of hydrogen-bond acceptors (Lipinski definition) is 2. The third-order valence-electron chi connectivity index (χ3n) is 3.28. The Balaban J connectivity index is 0.00000108. The molecule has 1 aliphatic carbocycles. The van der Waals surface area contributed by atoms with E-state index in [1.54, 1.807) is 0 Å². The van der Waals surface area contributed by atoms with Crippen molar-refractivity contribution in [3.63, 3.8) is 0 Å². The molecule has 1 heterocycles. The van der Waals surface area contributed by atoms with Crippen LogP contribution < -0.4 is 12.4 Å². The molecular formula is C13H15ClN3-. The Morgan fingerprint density at radius 3 is 2.47 bits per heavy atom. The summed E-state index contributed by atoms with van der Waals surface area (Å²) in [5.74, 6) is 2.49. The van der Waals surface area contributed by atoms with E-state index in [-0.39, 0.29) is 12.4 Å². The highest BCUT2D eigenvalue weighted by Gasteiger charge is 2.20. The molecule has 1 fully saturated rings. The molecule has 0 spiro atoms. The molecule has 1 aromatic heterocycles. The van der Waals surface area contributed by atoms with Crippen LogP contribution in [-0.2, 0) is 0 Å². The maximum Gasteiger partial charge on any atom is 0.181 e. The zero-order chi connectivity index (χ0) is 10.8. The van der Waals surface area contributed by atoms with E-state index in [2.05, 4.69) is 15.2 Å². The molecule has 1 N–H and O–H groups in total. The van der Waals surface area contributed by atoms with Gasteiger partial charge in [-0.3, -0.25) is 5.10 Å². The Bertz CT molecular complexity index is 461. The van der Waals surface area contributed by atoms with Gasteiger partial charge in [-0.25, -0.2) is 4.98 Å². The minimum atomic E-state index is 0. The molecule has 0 atom stereocenters. The maximum atomic E-state index is 4.60. The lowest BCUT2D eigenvalue weighted by molar-refractivity contribution is -0.00000342. The van der Waals surface area contributed by atoms with Crippen LogP contribution in [-0.4, -0.2) is 15.2 Å². The molecule has 1 aromatic carbocycles. The Morgan fingerprint density at radius 2 is 1.76 bits per heavy atom. The number of halogens is 1. The summed E-state index contributed by atoms with van der Waals surface area (Å²) in [6.45, 7) is 0. The van der Waals surface area contributed by atoms with Crippen molar-refractivity contribution >= 4 is 0 Å². The average molecular weight is 249 g/mol. The minimum absolute atomic E-state index is 0. The topological polar surface area (TPSA) is 41.6 Å². The van der Waals surface area contributed by atoms with E-state index in [0.29, 0.717) is 5.92 Å². The first-order chi connectivity index (χ1) is 7.93. The maximum absolute atomic E-state index is 4.60. The fourth-order valence-corrected chi connectivity index (χ4v) is 2.37. The summed E-state index contributed by atoms with van der Waals surface area (Å²) in [5, 5.41) is 7.38. The summed E-state index contributed by atoms with van der Waals surface area (Å²) in [6.07, 6.45) is 5.16. The predicted molar refractivity (Wildman–Crippen MR) is 63.0 cm³/mol. The Labute approximate surface area is 107 Å². The van der Waals surface area contributed by atoms with E-state index in [4.69, 9.17) is 0 Å². The Kier molecular flexibility index (Phi) is 3.79. The molecule has 90 valence electrons. The van der Waals surface area contributed by atoms with Gasteiger partial charge in [0.2, 0.25) is 0 Å². The van der Waals surface area contributed by atoms with Gasteiger partial charge in [0.15, 0.2) is 5.82 Å². The number of hydrogen-bond donors (Lipinski definition) is 1. The van der Waals surface area contributed by atoms with Gasteiger partial charge in [-0.1, -0.05) is 43.2 Å². The van der Waals surface area contributed by atoms with Crippen LogP contribution in [0.15, 0.2) is 30.3 Å². The molecule has 3 nitrogen and oxygen atoms in total. The molecule has 0 amide bonds. The lowest BCUT2D eigenvalue weighted by Crippen LogP contribution is -3.00. The van der Waals surface area contributed by atoms with Crippen molar-refractivity contribution in [1.82, 2.24) is 15.2 Å². The summed E-state index contributed by atoms with van der Waals surface area (Å²) in [5.41, 5.74) is 1.09. The SMILES string of the molecule is [Cl-].c1ccc(-c2n[nH]c(C3CCCC3)n2)cc1. The fraction of sp³-hybridized carbons (Fsp3) is 0.385. The fourth-order valence-electron chi connectivity index (χ4n) is 2.37. The first kappa shape index (κ1) is 12.1. The van der Waals surface area contributed by atoms with Crippen LogP contribution in [0.1, 0.15) is 37.4 Å². The molecular weight excluding hydrogens is 234 g/mol. The molecule has 3 rings (SSSR count). The number of H-pyrrole nitrogens is 1. The van der Waals surface area contributed by atoms with Crippen molar-refractivity contribution in [2.75, 3.05) is 0 Å². The highest BCUT2D eigenvalue weighted by Crippen LogP contribution is 2.32. The Morgan fingerprint density at radius 1 is 1.06 bits per heavy atom. The van der Waals surface area contributed by atoms with E-state index in [0.717, 1.165) is 17.2 Å². The number of nitrogens with one attached hydrogen (secondary N) is 1. The van der Waals surface area contributed by atoms with Gasteiger partial charge in [-0.2, -0.15) is 5.10 Å². The minimum Gasteiger partial charge on any atom is -1.00 e. The average Bonchev–Trinajstić information content (AvgIpc) is 3.01. The zero-order valence-corrected chi connectivity index (χ0v) is 10.3. The molecule has 1 aliphatic rings. The predicted octanol–water partition coefficient (Wildman–Crippen LogP) is 0.133. The molecule has 0 saturated heterocycles. The first-order valence-corrected chi connectivity index (χ1v) is 5.91. The van der Waals surface area contributed by atoms with Crippen LogP contribution in [0.2, 0.25) is 0 Å². The number of aromatic nitrogens is 3. The molecule has 0 unspecified atom stereocenters. The smallest absolute Gasteiger partial charge is 0.181 e. The summed E-state index contributed by atoms with van der Waals surface area (Å²) in [7, 11) is 0. The monoisotopic (exact) mass is 248 g/mol. The zero-order valence-electron chi connectivity index (χ0n) is 9.56. The van der Waals surface area contributed by atoms with Crippen LogP contribution in [0.5, 0.6) is 0 Å². The van der Waals surface area contributed by atoms with Gasteiger partial charge in [0.05, 0.1) is 0 Å². The highest BCUT2D eigenvalue weighted by atomic mass is 35.5. The summed E-state index contributed by atoms with van der Waals surface area (Å²) >= 11 is 0. The summed E-state index contributed by atoms with van der Waals surface area (Å²) in [6, 6.07) is 10.1. The van der Waals surface area contributed by atoms with Gasteiger partial charge < -0.3 is 12.4 Å². The van der Waals surface area contributed by atoms with E-state index in [1.807, 2.05) is 30.3 Å². The second kappa shape index (κ2) is 5.32. The standard InChI is InChI=1S/C13H15N3.ClH/c1-2-6-10(7-3-1)12-14-13(16-15-12)11-8-4-5-9-11;/h1-3,6-7,11H,4-5,8-9H2,(H,14,15,16);1H/p-1.